The average molecular weight is 249 g/mol. The third-order valence-electron chi connectivity index (χ3n) is 3.06. The molecule has 0 aromatic heterocycles. The van der Waals surface area contributed by atoms with E-state index in [1.165, 1.54) is 7.11 Å². The van der Waals surface area contributed by atoms with Crippen molar-refractivity contribution in [2.45, 2.75) is 20.3 Å². The first kappa shape index (κ1) is 14.2. The van der Waals surface area contributed by atoms with Gasteiger partial charge in [0.05, 0.1) is 13.5 Å². The molecule has 0 N–H and O–H groups in total. The number of amides is 1. The van der Waals surface area contributed by atoms with Crippen molar-refractivity contribution in [3.63, 3.8) is 0 Å². The fourth-order valence-electron chi connectivity index (χ4n) is 1.65. The topological polar surface area (TPSA) is 46.6 Å². The number of aryl methyl sites for hydroxylation is 1. The van der Waals surface area contributed by atoms with E-state index in [0.29, 0.717) is 12.1 Å². The molecule has 1 aromatic rings. The number of carbonyl (C=O) groups excluding carboxylic acids is 2. The quantitative estimate of drug-likeness (QED) is 0.766. The number of ether oxygens (including phenoxy) is 1. The lowest BCUT2D eigenvalue weighted by molar-refractivity contribution is -0.140. The molecule has 0 radical (unpaired) electrons. The third-order valence-corrected chi connectivity index (χ3v) is 3.06. The Labute approximate surface area is 108 Å². The minimum absolute atomic E-state index is 0.0693. The van der Waals surface area contributed by atoms with E-state index in [4.69, 9.17) is 0 Å². The van der Waals surface area contributed by atoms with Gasteiger partial charge in [-0.3, -0.25) is 9.59 Å². The molecule has 4 heteroatoms. The van der Waals surface area contributed by atoms with Gasteiger partial charge in [0, 0.05) is 19.2 Å². The molecule has 0 saturated heterocycles. The summed E-state index contributed by atoms with van der Waals surface area (Å²) in [4.78, 5) is 24.8. The van der Waals surface area contributed by atoms with Gasteiger partial charge in [0.2, 0.25) is 0 Å². The highest BCUT2D eigenvalue weighted by Gasteiger charge is 2.15. The number of hydrogen-bond donors (Lipinski definition) is 0. The van der Waals surface area contributed by atoms with Crippen molar-refractivity contribution in [3.8, 4) is 0 Å². The summed E-state index contributed by atoms with van der Waals surface area (Å²) in [5.41, 5.74) is 2.75. The molecular formula is C14H19NO3. The van der Waals surface area contributed by atoms with Gasteiger partial charge < -0.3 is 9.64 Å². The van der Waals surface area contributed by atoms with E-state index in [2.05, 4.69) is 4.74 Å². The summed E-state index contributed by atoms with van der Waals surface area (Å²) in [5.74, 6) is -0.379. The number of esters is 1. The molecule has 0 bridgehead atoms. The highest BCUT2D eigenvalue weighted by molar-refractivity contribution is 5.95. The van der Waals surface area contributed by atoms with Crippen molar-refractivity contribution in [3.05, 3.63) is 34.9 Å². The number of rotatable bonds is 4. The third kappa shape index (κ3) is 3.32. The molecule has 18 heavy (non-hydrogen) atoms. The predicted octanol–water partition coefficient (Wildman–Crippen LogP) is 1.94. The maximum atomic E-state index is 12.2. The summed E-state index contributed by atoms with van der Waals surface area (Å²) in [6, 6.07) is 5.64. The molecule has 0 heterocycles. The Bertz CT molecular complexity index is 454. The second kappa shape index (κ2) is 6.19. The molecule has 1 rings (SSSR count). The normalized spacial score (nSPS) is 10.0. The molecule has 1 amide bonds. The highest BCUT2D eigenvalue weighted by Crippen LogP contribution is 2.14. The lowest BCUT2D eigenvalue weighted by Gasteiger charge is -2.18. The average Bonchev–Trinajstić information content (AvgIpc) is 2.37. The van der Waals surface area contributed by atoms with E-state index >= 15 is 0 Å². The highest BCUT2D eigenvalue weighted by atomic mass is 16.5. The van der Waals surface area contributed by atoms with Crippen molar-refractivity contribution >= 4 is 11.9 Å². The second-order valence-corrected chi connectivity index (χ2v) is 4.30. The Morgan fingerprint density at radius 2 is 1.94 bits per heavy atom. The van der Waals surface area contributed by atoms with Crippen LogP contribution in [0.2, 0.25) is 0 Å². The fourth-order valence-corrected chi connectivity index (χ4v) is 1.65. The molecule has 4 nitrogen and oxygen atoms in total. The van der Waals surface area contributed by atoms with Crippen LogP contribution in [-0.2, 0) is 9.53 Å². The van der Waals surface area contributed by atoms with Gasteiger partial charge in [-0.05, 0) is 31.0 Å². The molecule has 0 spiro atoms. The van der Waals surface area contributed by atoms with Gasteiger partial charge in [-0.1, -0.05) is 12.1 Å². The zero-order valence-electron chi connectivity index (χ0n) is 11.3. The van der Waals surface area contributed by atoms with Crippen molar-refractivity contribution in [1.29, 1.82) is 0 Å². The van der Waals surface area contributed by atoms with Crippen LogP contribution in [0.25, 0.3) is 0 Å². The van der Waals surface area contributed by atoms with Crippen LogP contribution in [-0.4, -0.2) is 37.5 Å². The maximum Gasteiger partial charge on any atom is 0.307 e. The lowest BCUT2D eigenvalue weighted by Crippen LogP contribution is -2.29. The first-order chi connectivity index (χ1) is 8.47. The van der Waals surface area contributed by atoms with Crippen molar-refractivity contribution in [1.82, 2.24) is 4.90 Å². The SMILES string of the molecule is COC(=O)CCN(C)C(=O)c1cccc(C)c1C. The summed E-state index contributed by atoms with van der Waals surface area (Å²) in [7, 11) is 3.03. The second-order valence-electron chi connectivity index (χ2n) is 4.30. The summed E-state index contributed by atoms with van der Waals surface area (Å²) < 4.78 is 4.55. The summed E-state index contributed by atoms with van der Waals surface area (Å²) in [5, 5.41) is 0. The van der Waals surface area contributed by atoms with Gasteiger partial charge in [-0.15, -0.1) is 0 Å². The minimum Gasteiger partial charge on any atom is -0.469 e. The van der Waals surface area contributed by atoms with Gasteiger partial charge in [0.1, 0.15) is 0 Å². The number of nitrogens with zero attached hydrogens (tertiary/aromatic N) is 1. The number of carbonyl (C=O) groups is 2. The van der Waals surface area contributed by atoms with Crippen LogP contribution in [0.1, 0.15) is 27.9 Å². The first-order valence-electron chi connectivity index (χ1n) is 5.86. The standard InChI is InChI=1S/C14H19NO3/c1-10-6-5-7-12(11(10)2)14(17)15(3)9-8-13(16)18-4/h5-7H,8-9H2,1-4H3. The number of methoxy groups -OCH3 is 1. The molecule has 1 aromatic carbocycles. The van der Waals surface area contributed by atoms with E-state index in [9.17, 15) is 9.59 Å². The Morgan fingerprint density at radius 3 is 2.56 bits per heavy atom. The Hall–Kier alpha value is -1.84. The zero-order valence-corrected chi connectivity index (χ0v) is 11.3. The van der Waals surface area contributed by atoms with Crippen LogP contribution in [0.5, 0.6) is 0 Å². The molecule has 0 atom stereocenters. The summed E-state index contributed by atoms with van der Waals surface area (Å²) in [6.45, 7) is 4.26. The molecular weight excluding hydrogens is 230 g/mol. The van der Waals surface area contributed by atoms with Gasteiger partial charge in [-0.2, -0.15) is 0 Å². The summed E-state index contributed by atoms with van der Waals surface area (Å²) in [6.07, 6.45) is 0.212. The molecule has 0 aliphatic carbocycles. The molecule has 0 aliphatic heterocycles. The van der Waals surface area contributed by atoms with Crippen LogP contribution >= 0.6 is 0 Å². The molecule has 0 unspecified atom stereocenters. The largest absolute Gasteiger partial charge is 0.469 e. The van der Waals surface area contributed by atoms with Gasteiger partial charge in [-0.25, -0.2) is 0 Å². The van der Waals surface area contributed by atoms with Gasteiger partial charge in [0.25, 0.3) is 5.91 Å². The molecule has 0 saturated carbocycles. The van der Waals surface area contributed by atoms with Crippen LogP contribution in [0.4, 0.5) is 0 Å². The first-order valence-corrected chi connectivity index (χ1v) is 5.86. The number of hydrogen-bond acceptors (Lipinski definition) is 3. The van der Waals surface area contributed by atoms with Crippen LogP contribution in [0.3, 0.4) is 0 Å². The van der Waals surface area contributed by atoms with E-state index < -0.39 is 0 Å². The Balaban J connectivity index is 2.74. The fraction of sp³-hybridized carbons (Fsp3) is 0.429. The van der Waals surface area contributed by atoms with E-state index in [-0.39, 0.29) is 18.3 Å². The van der Waals surface area contributed by atoms with Crippen LogP contribution in [0.15, 0.2) is 18.2 Å². The van der Waals surface area contributed by atoms with Gasteiger partial charge >= 0.3 is 5.97 Å². The predicted molar refractivity (Wildman–Crippen MR) is 69.5 cm³/mol. The van der Waals surface area contributed by atoms with Crippen LogP contribution < -0.4 is 0 Å². The van der Waals surface area contributed by atoms with Crippen molar-refractivity contribution in [2.75, 3.05) is 20.7 Å². The minimum atomic E-state index is -0.310. The molecule has 0 aliphatic rings. The van der Waals surface area contributed by atoms with Crippen LogP contribution in [0, 0.1) is 13.8 Å². The van der Waals surface area contributed by atoms with E-state index in [1.54, 1.807) is 18.0 Å². The van der Waals surface area contributed by atoms with Crippen molar-refractivity contribution < 1.29 is 14.3 Å². The zero-order chi connectivity index (χ0) is 13.7. The van der Waals surface area contributed by atoms with E-state index in [1.807, 2.05) is 26.0 Å². The number of benzene rings is 1. The van der Waals surface area contributed by atoms with Gasteiger partial charge in [0.15, 0.2) is 0 Å². The summed E-state index contributed by atoms with van der Waals surface area (Å²) >= 11 is 0. The smallest absolute Gasteiger partial charge is 0.307 e. The Kier molecular flexibility index (Phi) is 4.89. The monoisotopic (exact) mass is 249 g/mol. The molecule has 0 fully saturated rings. The molecule has 98 valence electrons. The van der Waals surface area contributed by atoms with E-state index in [0.717, 1.165) is 11.1 Å². The Morgan fingerprint density at radius 1 is 1.28 bits per heavy atom. The lowest BCUT2D eigenvalue weighted by atomic mass is 10.0. The van der Waals surface area contributed by atoms with Crippen molar-refractivity contribution in [2.24, 2.45) is 0 Å². The maximum absolute atomic E-state index is 12.2.